The maximum atomic E-state index is 11.9. The first-order chi connectivity index (χ1) is 15.0. The van der Waals surface area contributed by atoms with Crippen molar-refractivity contribution in [2.45, 2.75) is 26.3 Å². The molecule has 0 unspecified atom stereocenters. The van der Waals surface area contributed by atoms with E-state index in [0.29, 0.717) is 34.6 Å². The van der Waals surface area contributed by atoms with Crippen LogP contribution in [-0.2, 0) is 17.7 Å². The Morgan fingerprint density at radius 3 is 2.58 bits per heavy atom. The number of halogens is 1. The van der Waals surface area contributed by atoms with Crippen LogP contribution >= 0.6 is 11.6 Å². The number of benzene rings is 2. The SMILES string of the molecule is CCCc1c(OC)c(NC(=O)OC)cc2c(NCc3ccc(OC)c(Cl)c3)ncnc12. The van der Waals surface area contributed by atoms with Gasteiger partial charge in [0.25, 0.3) is 0 Å². The second-order valence-electron chi connectivity index (χ2n) is 6.74. The number of nitrogens with zero attached hydrogens (tertiary/aromatic N) is 2. The number of aryl methyl sites for hydroxylation is 1. The zero-order valence-electron chi connectivity index (χ0n) is 17.9. The topological polar surface area (TPSA) is 94.6 Å². The highest BCUT2D eigenvalue weighted by atomic mass is 35.5. The molecule has 0 aliphatic rings. The summed E-state index contributed by atoms with van der Waals surface area (Å²) in [6.45, 7) is 2.56. The van der Waals surface area contributed by atoms with E-state index < -0.39 is 6.09 Å². The molecule has 3 rings (SSSR count). The van der Waals surface area contributed by atoms with Crippen molar-refractivity contribution in [1.29, 1.82) is 0 Å². The van der Waals surface area contributed by atoms with E-state index in [1.165, 1.54) is 13.4 Å². The third-order valence-electron chi connectivity index (χ3n) is 4.78. The van der Waals surface area contributed by atoms with Crippen molar-refractivity contribution in [3.8, 4) is 11.5 Å². The Morgan fingerprint density at radius 2 is 1.94 bits per heavy atom. The first-order valence-electron chi connectivity index (χ1n) is 9.78. The first-order valence-corrected chi connectivity index (χ1v) is 10.2. The fraction of sp³-hybridized carbons (Fsp3) is 0.318. The molecule has 0 radical (unpaired) electrons. The molecule has 0 bridgehead atoms. The van der Waals surface area contributed by atoms with Crippen LogP contribution in [0.3, 0.4) is 0 Å². The van der Waals surface area contributed by atoms with Crippen molar-refractivity contribution in [2.75, 3.05) is 32.0 Å². The van der Waals surface area contributed by atoms with Gasteiger partial charge in [0, 0.05) is 17.5 Å². The van der Waals surface area contributed by atoms with Crippen molar-refractivity contribution < 1.29 is 19.0 Å². The van der Waals surface area contributed by atoms with Gasteiger partial charge in [0.1, 0.15) is 23.6 Å². The molecule has 0 aliphatic carbocycles. The molecule has 9 heteroatoms. The van der Waals surface area contributed by atoms with Crippen molar-refractivity contribution in [1.82, 2.24) is 9.97 Å². The van der Waals surface area contributed by atoms with Crippen LogP contribution in [-0.4, -0.2) is 37.4 Å². The summed E-state index contributed by atoms with van der Waals surface area (Å²) in [5.74, 6) is 1.81. The standard InChI is InChI=1S/C22H25ClN4O4/c1-5-6-14-19-15(10-17(20(14)30-3)27-22(28)31-4)21(26-12-25-19)24-11-13-7-8-18(29-2)16(23)9-13/h7-10,12H,5-6,11H2,1-4H3,(H,27,28)(H,24,25,26). The van der Waals surface area contributed by atoms with Gasteiger partial charge >= 0.3 is 6.09 Å². The first kappa shape index (κ1) is 22.4. The summed E-state index contributed by atoms with van der Waals surface area (Å²) in [5, 5.41) is 7.35. The fourth-order valence-electron chi connectivity index (χ4n) is 3.37. The van der Waals surface area contributed by atoms with Gasteiger partial charge in [-0.2, -0.15) is 0 Å². The molecule has 8 nitrogen and oxygen atoms in total. The largest absolute Gasteiger partial charge is 0.495 e. The number of nitrogens with one attached hydrogen (secondary N) is 2. The van der Waals surface area contributed by atoms with Crippen LogP contribution in [0, 0.1) is 0 Å². The zero-order valence-corrected chi connectivity index (χ0v) is 18.7. The molecule has 0 fully saturated rings. The van der Waals surface area contributed by atoms with Gasteiger partial charge in [0.05, 0.1) is 37.6 Å². The van der Waals surface area contributed by atoms with Gasteiger partial charge in [0.15, 0.2) is 0 Å². The quantitative estimate of drug-likeness (QED) is 0.502. The van der Waals surface area contributed by atoms with E-state index in [1.807, 2.05) is 18.2 Å². The van der Waals surface area contributed by atoms with Crippen LogP contribution in [0.5, 0.6) is 11.5 Å². The molecule has 3 aromatic rings. The van der Waals surface area contributed by atoms with Crippen LogP contribution in [0.4, 0.5) is 16.3 Å². The van der Waals surface area contributed by atoms with Crippen LogP contribution in [0.25, 0.3) is 10.9 Å². The van der Waals surface area contributed by atoms with Crippen molar-refractivity contribution >= 4 is 40.1 Å². The number of ether oxygens (including phenoxy) is 3. The van der Waals surface area contributed by atoms with E-state index in [-0.39, 0.29) is 0 Å². The molecule has 1 aromatic heterocycles. The third-order valence-corrected chi connectivity index (χ3v) is 5.07. The van der Waals surface area contributed by atoms with Gasteiger partial charge in [-0.3, -0.25) is 5.32 Å². The number of hydrogen-bond acceptors (Lipinski definition) is 7. The number of fused-ring (bicyclic) bond motifs is 1. The maximum absolute atomic E-state index is 11.9. The lowest BCUT2D eigenvalue weighted by Gasteiger charge is -2.18. The minimum Gasteiger partial charge on any atom is -0.495 e. The molecule has 31 heavy (non-hydrogen) atoms. The fourth-order valence-corrected chi connectivity index (χ4v) is 3.65. The number of carbonyl (C=O) groups excluding carboxylic acids is 1. The number of carbonyl (C=O) groups is 1. The highest BCUT2D eigenvalue weighted by Crippen LogP contribution is 2.38. The van der Waals surface area contributed by atoms with Crippen molar-refractivity contribution in [2.24, 2.45) is 0 Å². The average molecular weight is 445 g/mol. The van der Waals surface area contributed by atoms with Crippen LogP contribution in [0.15, 0.2) is 30.6 Å². The molecule has 0 aliphatic heterocycles. The summed E-state index contributed by atoms with van der Waals surface area (Å²) in [6.07, 6.45) is 2.53. The summed E-state index contributed by atoms with van der Waals surface area (Å²) >= 11 is 6.23. The zero-order chi connectivity index (χ0) is 22.4. The summed E-state index contributed by atoms with van der Waals surface area (Å²) in [7, 11) is 4.46. The summed E-state index contributed by atoms with van der Waals surface area (Å²) in [6, 6.07) is 7.37. The highest BCUT2D eigenvalue weighted by Gasteiger charge is 2.19. The molecule has 1 amide bonds. The average Bonchev–Trinajstić information content (AvgIpc) is 2.78. The third kappa shape index (κ3) is 4.91. The van der Waals surface area contributed by atoms with Crippen molar-refractivity contribution in [3.63, 3.8) is 0 Å². The maximum Gasteiger partial charge on any atom is 0.411 e. The molecule has 1 heterocycles. The van der Waals surface area contributed by atoms with Gasteiger partial charge in [-0.1, -0.05) is 31.0 Å². The Hall–Kier alpha value is -3.26. The number of aromatic nitrogens is 2. The number of rotatable bonds is 8. The van der Waals surface area contributed by atoms with Crippen molar-refractivity contribution in [3.05, 3.63) is 46.7 Å². The number of anilines is 2. The normalized spacial score (nSPS) is 10.6. The lowest BCUT2D eigenvalue weighted by Crippen LogP contribution is -2.13. The Labute approximate surface area is 185 Å². The van der Waals surface area contributed by atoms with Gasteiger partial charge < -0.3 is 19.5 Å². The Morgan fingerprint density at radius 1 is 1.13 bits per heavy atom. The monoisotopic (exact) mass is 444 g/mol. The van der Waals surface area contributed by atoms with E-state index in [4.69, 9.17) is 25.8 Å². The minimum atomic E-state index is -0.584. The van der Waals surface area contributed by atoms with Crippen LogP contribution in [0.2, 0.25) is 5.02 Å². The van der Waals surface area contributed by atoms with E-state index in [1.54, 1.807) is 20.3 Å². The second-order valence-corrected chi connectivity index (χ2v) is 7.15. The van der Waals surface area contributed by atoms with Gasteiger partial charge in [0.2, 0.25) is 0 Å². The lowest BCUT2D eigenvalue weighted by molar-refractivity contribution is 0.187. The van der Waals surface area contributed by atoms with Gasteiger partial charge in [-0.05, 0) is 30.2 Å². The van der Waals surface area contributed by atoms with E-state index in [9.17, 15) is 4.79 Å². The second kappa shape index (κ2) is 10.2. The molecule has 2 aromatic carbocycles. The van der Waals surface area contributed by atoms with Gasteiger partial charge in [-0.25, -0.2) is 14.8 Å². The number of amides is 1. The number of methoxy groups -OCH3 is 3. The molecule has 2 N–H and O–H groups in total. The molecule has 0 saturated heterocycles. The molecular weight excluding hydrogens is 420 g/mol. The predicted octanol–water partition coefficient (Wildman–Crippen LogP) is 5.04. The summed E-state index contributed by atoms with van der Waals surface area (Å²) in [4.78, 5) is 20.8. The molecule has 0 atom stereocenters. The van der Waals surface area contributed by atoms with E-state index in [0.717, 1.165) is 34.9 Å². The van der Waals surface area contributed by atoms with E-state index >= 15 is 0 Å². The highest BCUT2D eigenvalue weighted by molar-refractivity contribution is 6.32. The molecule has 0 saturated carbocycles. The van der Waals surface area contributed by atoms with Gasteiger partial charge in [-0.15, -0.1) is 0 Å². The number of hydrogen-bond donors (Lipinski definition) is 2. The predicted molar refractivity (Wildman–Crippen MR) is 121 cm³/mol. The van der Waals surface area contributed by atoms with E-state index in [2.05, 4.69) is 27.5 Å². The molecule has 0 spiro atoms. The molecular formula is C22H25ClN4O4. The minimum absolute atomic E-state index is 0.491. The molecule has 164 valence electrons. The lowest BCUT2D eigenvalue weighted by atomic mass is 10.0. The van der Waals surface area contributed by atoms with Crippen LogP contribution in [0.1, 0.15) is 24.5 Å². The summed E-state index contributed by atoms with van der Waals surface area (Å²) in [5.41, 5.74) is 3.12. The Balaban J connectivity index is 2.03. The summed E-state index contributed by atoms with van der Waals surface area (Å²) < 4.78 is 15.6. The smallest absolute Gasteiger partial charge is 0.411 e. The van der Waals surface area contributed by atoms with Crippen LogP contribution < -0.4 is 20.1 Å². The Bertz CT molecular complexity index is 1090. The Kier molecular flexibility index (Phi) is 7.36.